The summed E-state index contributed by atoms with van der Waals surface area (Å²) in [6.07, 6.45) is 4.55. The van der Waals surface area contributed by atoms with Gasteiger partial charge in [-0.25, -0.2) is 4.31 Å². The summed E-state index contributed by atoms with van der Waals surface area (Å²) in [7, 11) is 2.00. The summed E-state index contributed by atoms with van der Waals surface area (Å²) < 4.78 is 4.47. The van der Waals surface area contributed by atoms with Crippen LogP contribution in [0.15, 0.2) is 35.2 Å². The molecular formula is C22H29N3OS. The van der Waals surface area contributed by atoms with Gasteiger partial charge in [-0.05, 0) is 67.7 Å². The quantitative estimate of drug-likeness (QED) is 0.791. The van der Waals surface area contributed by atoms with Crippen molar-refractivity contribution in [3.63, 3.8) is 0 Å². The lowest BCUT2D eigenvalue weighted by molar-refractivity contribution is 0.0928. The van der Waals surface area contributed by atoms with Gasteiger partial charge in [-0.1, -0.05) is 31.2 Å². The molecule has 1 aliphatic heterocycles. The van der Waals surface area contributed by atoms with Gasteiger partial charge in [0.1, 0.15) is 5.69 Å². The molecule has 4 nitrogen and oxygen atoms in total. The number of carbonyl (C=O) groups is 1. The molecule has 1 unspecified atom stereocenters. The Bertz CT molecular complexity index is 836. The molecule has 144 valence electrons. The summed E-state index contributed by atoms with van der Waals surface area (Å²) in [5.74, 6) is 0.857. The molecule has 0 radical (unpaired) electrons. The summed E-state index contributed by atoms with van der Waals surface area (Å²) in [6.45, 7) is 6.69. The van der Waals surface area contributed by atoms with Crippen molar-refractivity contribution in [2.75, 3.05) is 13.1 Å². The van der Waals surface area contributed by atoms with E-state index in [0.29, 0.717) is 0 Å². The van der Waals surface area contributed by atoms with Gasteiger partial charge >= 0.3 is 0 Å². The summed E-state index contributed by atoms with van der Waals surface area (Å²) in [5, 5.41) is 3.26. The van der Waals surface area contributed by atoms with Gasteiger partial charge in [-0.3, -0.25) is 4.79 Å². The first-order chi connectivity index (χ1) is 13.0. The molecule has 1 amide bonds. The van der Waals surface area contributed by atoms with E-state index in [0.717, 1.165) is 43.2 Å². The maximum Gasteiger partial charge on any atom is 0.268 e. The molecule has 1 N–H and O–H groups in total. The smallest absolute Gasteiger partial charge is 0.268 e. The minimum atomic E-state index is 0.0291. The standard InChI is InChI=1S/C22H29N3OS/c1-15-10-12-25(13-11-15)27-21-14-20(24(3)16(21)2)22(26)23-19-9-8-17-6-4-5-7-18(17)19/h4-7,14-15,19H,8-13H2,1-3H3,(H,23,26). The minimum Gasteiger partial charge on any atom is -0.344 e. The molecular weight excluding hydrogens is 354 g/mol. The average Bonchev–Trinajstić information content (AvgIpc) is 3.20. The van der Waals surface area contributed by atoms with Gasteiger partial charge in [0.25, 0.3) is 5.91 Å². The molecule has 27 heavy (non-hydrogen) atoms. The number of fused-ring (bicyclic) bond motifs is 1. The maximum atomic E-state index is 13.0. The highest BCUT2D eigenvalue weighted by atomic mass is 32.2. The average molecular weight is 384 g/mol. The maximum absolute atomic E-state index is 13.0. The lowest BCUT2D eigenvalue weighted by Crippen LogP contribution is -2.28. The van der Waals surface area contributed by atoms with Gasteiger partial charge < -0.3 is 9.88 Å². The fourth-order valence-corrected chi connectivity index (χ4v) is 5.24. The number of rotatable bonds is 4. The second-order valence-corrected chi connectivity index (χ2v) is 9.14. The van der Waals surface area contributed by atoms with Crippen LogP contribution in [0.3, 0.4) is 0 Å². The molecule has 0 bridgehead atoms. The number of nitrogens with zero attached hydrogens (tertiary/aromatic N) is 2. The number of hydrogen-bond donors (Lipinski definition) is 1. The van der Waals surface area contributed by atoms with Crippen molar-refractivity contribution in [3.8, 4) is 0 Å². The Morgan fingerprint density at radius 1 is 1.19 bits per heavy atom. The van der Waals surface area contributed by atoms with Crippen molar-refractivity contribution in [1.82, 2.24) is 14.2 Å². The van der Waals surface area contributed by atoms with E-state index in [-0.39, 0.29) is 11.9 Å². The Balaban J connectivity index is 1.47. The molecule has 1 aromatic carbocycles. The Morgan fingerprint density at radius 3 is 2.70 bits per heavy atom. The molecule has 4 rings (SSSR count). The van der Waals surface area contributed by atoms with Crippen molar-refractivity contribution >= 4 is 17.9 Å². The molecule has 0 saturated carbocycles. The van der Waals surface area contributed by atoms with Crippen LogP contribution in [-0.2, 0) is 13.5 Å². The first kappa shape index (κ1) is 18.6. The van der Waals surface area contributed by atoms with Crippen LogP contribution in [0.1, 0.15) is 59.5 Å². The number of hydrogen-bond acceptors (Lipinski definition) is 3. The van der Waals surface area contributed by atoms with Gasteiger partial charge in [-0.15, -0.1) is 0 Å². The number of aryl methyl sites for hydroxylation is 1. The second kappa shape index (κ2) is 7.72. The number of benzene rings is 1. The normalized spacial score (nSPS) is 20.6. The predicted molar refractivity (Wildman–Crippen MR) is 111 cm³/mol. The number of piperidine rings is 1. The van der Waals surface area contributed by atoms with Crippen LogP contribution >= 0.6 is 11.9 Å². The lowest BCUT2D eigenvalue weighted by atomic mass is 10.0. The predicted octanol–water partition coefficient (Wildman–Crippen LogP) is 4.49. The van der Waals surface area contributed by atoms with Crippen molar-refractivity contribution < 1.29 is 4.79 Å². The number of amides is 1. The molecule has 2 heterocycles. The van der Waals surface area contributed by atoms with E-state index in [1.54, 1.807) is 0 Å². The van der Waals surface area contributed by atoms with Crippen LogP contribution in [0, 0.1) is 12.8 Å². The monoisotopic (exact) mass is 383 g/mol. The highest BCUT2D eigenvalue weighted by Crippen LogP contribution is 2.33. The van der Waals surface area contributed by atoms with Gasteiger partial charge in [0, 0.05) is 30.7 Å². The molecule has 5 heteroatoms. The van der Waals surface area contributed by atoms with E-state index in [1.807, 2.05) is 23.6 Å². The minimum absolute atomic E-state index is 0.0291. The zero-order valence-electron chi connectivity index (χ0n) is 16.5. The molecule has 2 aliphatic rings. The van der Waals surface area contributed by atoms with Gasteiger partial charge in [-0.2, -0.15) is 0 Å². The number of nitrogens with one attached hydrogen (secondary N) is 1. The third-order valence-electron chi connectivity index (χ3n) is 6.13. The van der Waals surface area contributed by atoms with E-state index < -0.39 is 0 Å². The molecule has 1 fully saturated rings. The molecule has 1 aliphatic carbocycles. The topological polar surface area (TPSA) is 37.3 Å². The Morgan fingerprint density at radius 2 is 1.93 bits per heavy atom. The van der Waals surface area contributed by atoms with Crippen LogP contribution < -0.4 is 5.32 Å². The molecule has 2 aromatic rings. The fraction of sp³-hybridized carbons (Fsp3) is 0.500. The van der Waals surface area contributed by atoms with Gasteiger partial charge in [0.2, 0.25) is 0 Å². The SMILES string of the molecule is Cc1c(SN2CCC(C)CC2)cc(C(=O)NC2CCc3ccccc32)n1C. The highest BCUT2D eigenvalue weighted by Gasteiger charge is 2.26. The zero-order valence-corrected chi connectivity index (χ0v) is 17.3. The van der Waals surface area contributed by atoms with E-state index in [2.05, 4.69) is 53.8 Å². The van der Waals surface area contributed by atoms with Crippen LogP contribution in [0.4, 0.5) is 0 Å². The third kappa shape index (κ3) is 3.81. The van der Waals surface area contributed by atoms with Crippen molar-refractivity contribution in [3.05, 3.63) is 52.8 Å². The largest absolute Gasteiger partial charge is 0.344 e. The van der Waals surface area contributed by atoms with Gasteiger partial charge in [0.15, 0.2) is 0 Å². The zero-order chi connectivity index (χ0) is 19.0. The Labute approximate surface area is 166 Å². The second-order valence-electron chi connectivity index (χ2n) is 8.00. The van der Waals surface area contributed by atoms with E-state index in [1.165, 1.54) is 28.9 Å². The highest BCUT2D eigenvalue weighted by molar-refractivity contribution is 7.97. The van der Waals surface area contributed by atoms with Crippen LogP contribution in [-0.4, -0.2) is 27.9 Å². The van der Waals surface area contributed by atoms with Crippen molar-refractivity contribution in [1.29, 1.82) is 0 Å². The Kier molecular flexibility index (Phi) is 5.33. The van der Waals surface area contributed by atoms with Crippen molar-refractivity contribution in [2.45, 2.75) is 50.5 Å². The summed E-state index contributed by atoms with van der Waals surface area (Å²) >= 11 is 1.81. The van der Waals surface area contributed by atoms with Crippen LogP contribution in [0.25, 0.3) is 0 Å². The van der Waals surface area contributed by atoms with Crippen LogP contribution in [0.5, 0.6) is 0 Å². The summed E-state index contributed by atoms with van der Waals surface area (Å²) in [5.41, 5.74) is 4.55. The first-order valence-electron chi connectivity index (χ1n) is 10.0. The molecule has 1 atom stereocenters. The van der Waals surface area contributed by atoms with Gasteiger partial charge in [0.05, 0.1) is 6.04 Å². The fourth-order valence-electron chi connectivity index (χ4n) is 4.14. The molecule has 1 saturated heterocycles. The van der Waals surface area contributed by atoms with Crippen LogP contribution in [0.2, 0.25) is 0 Å². The molecule has 0 spiro atoms. The van der Waals surface area contributed by atoms with E-state index in [9.17, 15) is 4.79 Å². The lowest BCUT2D eigenvalue weighted by Gasteiger charge is -2.28. The number of carbonyl (C=O) groups excluding carboxylic acids is 1. The number of aromatic nitrogens is 1. The summed E-state index contributed by atoms with van der Waals surface area (Å²) in [4.78, 5) is 14.2. The molecule has 1 aromatic heterocycles. The van der Waals surface area contributed by atoms with E-state index >= 15 is 0 Å². The van der Waals surface area contributed by atoms with Crippen molar-refractivity contribution in [2.24, 2.45) is 13.0 Å². The first-order valence-corrected chi connectivity index (χ1v) is 10.8. The summed E-state index contributed by atoms with van der Waals surface area (Å²) in [6, 6.07) is 10.6. The van der Waals surface area contributed by atoms with E-state index in [4.69, 9.17) is 0 Å². The Hall–Kier alpha value is -1.72. The third-order valence-corrected chi connectivity index (χ3v) is 7.36.